The van der Waals surface area contributed by atoms with Gasteiger partial charge in [-0.25, -0.2) is 0 Å². The largest absolute Gasteiger partial charge is 0.315 e. The van der Waals surface area contributed by atoms with Gasteiger partial charge in [-0.15, -0.1) is 0 Å². The minimum Gasteiger partial charge on any atom is -0.315 e. The molecule has 2 aliphatic carbocycles. The second-order valence-corrected chi connectivity index (χ2v) is 6.13. The van der Waals surface area contributed by atoms with Crippen LogP contribution in [0.15, 0.2) is 0 Å². The van der Waals surface area contributed by atoms with Gasteiger partial charge >= 0.3 is 0 Å². The Labute approximate surface area is 99.8 Å². The van der Waals surface area contributed by atoms with Gasteiger partial charge in [0.1, 0.15) is 0 Å². The van der Waals surface area contributed by atoms with Gasteiger partial charge in [-0.2, -0.15) is 0 Å². The van der Waals surface area contributed by atoms with Crippen LogP contribution in [0.3, 0.4) is 0 Å². The molecule has 0 radical (unpaired) electrons. The Hall–Kier alpha value is -0.0800. The van der Waals surface area contributed by atoms with Gasteiger partial charge in [0.2, 0.25) is 0 Å². The molecule has 3 unspecified atom stereocenters. The van der Waals surface area contributed by atoms with Gasteiger partial charge in [0.05, 0.1) is 0 Å². The number of hydrogen-bond acceptors (Lipinski definition) is 2. The lowest BCUT2D eigenvalue weighted by atomic mass is 9.85. The van der Waals surface area contributed by atoms with Gasteiger partial charge in [-0.1, -0.05) is 12.8 Å². The van der Waals surface area contributed by atoms with Crippen LogP contribution in [0.2, 0.25) is 0 Å². The molecule has 1 aliphatic heterocycles. The van der Waals surface area contributed by atoms with Crippen LogP contribution >= 0.6 is 0 Å². The fourth-order valence-electron chi connectivity index (χ4n) is 3.96. The Morgan fingerprint density at radius 1 is 1.12 bits per heavy atom. The second kappa shape index (κ2) is 4.66. The molecule has 2 nitrogen and oxygen atoms in total. The molecule has 0 aromatic rings. The first-order valence-electron chi connectivity index (χ1n) is 7.30. The molecule has 0 aromatic carbocycles. The molecule has 0 amide bonds. The summed E-state index contributed by atoms with van der Waals surface area (Å²) < 4.78 is 0. The normalized spacial score (nSPS) is 37.3. The summed E-state index contributed by atoms with van der Waals surface area (Å²) in [6.07, 6.45) is 10.4. The van der Waals surface area contributed by atoms with E-state index < -0.39 is 0 Å². The highest BCUT2D eigenvalue weighted by molar-refractivity contribution is 4.94. The Morgan fingerprint density at radius 2 is 1.94 bits per heavy atom. The lowest BCUT2D eigenvalue weighted by Gasteiger charge is -2.34. The number of nitrogens with one attached hydrogen (secondary N) is 1. The summed E-state index contributed by atoms with van der Waals surface area (Å²) in [5.41, 5.74) is 0. The Kier molecular flexibility index (Phi) is 3.21. The first kappa shape index (κ1) is 11.0. The van der Waals surface area contributed by atoms with E-state index in [4.69, 9.17) is 0 Å². The monoisotopic (exact) mass is 222 g/mol. The standard InChI is InChI=1S/C14H26N2/c1-15-13(11-6-7-11)10-16-9-8-12-4-2-3-5-14(12)16/h11-15H,2-10H2,1H3. The van der Waals surface area contributed by atoms with Gasteiger partial charge in [-0.05, 0) is 57.5 Å². The lowest BCUT2D eigenvalue weighted by molar-refractivity contribution is 0.164. The van der Waals surface area contributed by atoms with E-state index >= 15 is 0 Å². The van der Waals surface area contributed by atoms with Crippen molar-refractivity contribution in [2.75, 3.05) is 20.1 Å². The summed E-state index contributed by atoms with van der Waals surface area (Å²) in [4.78, 5) is 2.81. The average molecular weight is 222 g/mol. The first-order chi connectivity index (χ1) is 7.88. The van der Waals surface area contributed by atoms with Gasteiger partial charge in [-0.3, -0.25) is 4.90 Å². The molecular weight excluding hydrogens is 196 g/mol. The van der Waals surface area contributed by atoms with Crippen LogP contribution in [0.4, 0.5) is 0 Å². The van der Waals surface area contributed by atoms with Crippen LogP contribution in [0, 0.1) is 11.8 Å². The van der Waals surface area contributed by atoms with E-state index in [2.05, 4.69) is 17.3 Å². The Morgan fingerprint density at radius 3 is 2.69 bits per heavy atom. The maximum atomic E-state index is 3.54. The average Bonchev–Trinajstić information content (AvgIpc) is 3.08. The van der Waals surface area contributed by atoms with Crippen LogP contribution in [-0.2, 0) is 0 Å². The van der Waals surface area contributed by atoms with Crippen molar-refractivity contribution in [1.82, 2.24) is 10.2 Å². The van der Waals surface area contributed by atoms with Gasteiger partial charge in [0, 0.05) is 18.6 Å². The smallest absolute Gasteiger partial charge is 0.0220 e. The van der Waals surface area contributed by atoms with E-state index in [1.54, 1.807) is 0 Å². The molecule has 92 valence electrons. The first-order valence-corrected chi connectivity index (χ1v) is 7.30. The molecule has 3 aliphatic rings. The molecule has 1 N–H and O–H groups in total. The van der Waals surface area contributed by atoms with Crippen molar-refractivity contribution in [3.63, 3.8) is 0 Å². The van der Waals surface area contributed by atoms with E-state index in [1.165, 1.54) is 58.0 Å². The topological polar surface area (TPSA) is 15.3 Å². The molecular formula is C14H26N2. The summed E-state index contributed by atoms with van der Waals surface area (Å²) in [6.45, 7) is 2.70. The molecule has 3 rings (SSSR count). The quantitative estimate of drug-likeness (QED) is 0.785. The van der Waals surface area contributed by atoms with Crippen molar-refractivity contribution in [1.29, 1.82) is 0 Å². The molecule has 16 heavy (non-hydrogen) atoms. The van der Waals surface area contributed by atoms with Crippen LogP contribution in [0.1, 0.15) is 44.9 Å². The second-order valence-electron chi connectivity index (χ2n) is 6.13. The van der Waals surface area contributed by atoms with E-state index in [1.807, 2.05) is 0 Å². The van der Waals surface area contributed by atoms with Gasteiger partial charge < -0.3 is 5.32 Å². The molecule has 3 atom stereocenters. The molecule has 1 saturated heterocycles. The van der Waals surface area contributed by atoms with Crippen molar-refractivity contribution in [2.45, 2.75) is 57.0 Å². The maximum absolute atomic E-state index is 3.54. The molecule has 2 saturated carbocycles. The summed E-state index contributed by atoms with van der Waals surface area (Å²) in [5, 5.41) is 3.54. The van der Waals surface area contributed by atoms with E-state index in [-0.39, 0.29) is 0 Å². The molecule has 0 spiro atoms. The summed E-state index contributed by atoms with van der Waals surface area (Å²) in [5.74, 6) is 2.04. The van der Waals surface area contributed by atoms with Gasteiger partial charge in [0.15, 0.2) is 0 Å². The minimum atomic E-state index is 0.778. The van der Waals surface area contributed by atoms with E-state index in [0.717, 1.165) is 23.9 Å². The fourth-order valence-corrected chi connectivity index (χ4v) is 3.96. The number of likely N-dealkylation sites (N-methyl/N-ethyl adjacent to an activating group) is 1. The third-order valence-corrected chi connectivity index (χ3v) is 5.12. The summed E-state index contributed by atoms with van der Waals surface area (Å²) in [6, 6.07) is 1.73. The fraction of sp³-hybridized carbons (Fsp3) is 1.00. The molecule has 2 heteroatoms. The highest BCUT2D eigenvalue weighted by Crippen LogP contribution is 2.38. The highest BCUT2D eigenvalue weighted by atomic mass is 15.2. The number of rotatable bonds is 4. The Balaban J connectivity index is 1.57. The predicted octanol–water partition coefficient (Wildman–Crippen LogP) is 2.25. The van der Waals surface area contributed by atoms with Crippen LogP contribution in [0.25, 0.3) is 0 Å². The zero-order chi connectivity index (χ0) is 11.0. The van der Waals surface area contributed by atoms with E-state index in [0.29, 0.717) is 0 Å². The number of likely N-dealkylation sites (tertiary alicyclic amines) is 1. The summed E-state index contributed by atoms with van der Waals surface area (Å²) >= 11 is 0. The Bertz CT molecular complexity index is 237. The van der Waals surface area contributed by atoms with Crippen LogP contribution in [0.5, 0.6) is 0 Å². The zero-order valence-corrected chi connectivity index (χ0v) is 10.6. The molecule has 3 fully saturated rings. The van der Waals surface area contributed by atoms with Crippen molar-refractivity contribution in [3.05, 3.63) is 0 Å². The van der Waals surface area contributed by atoms with Gasteiger partial charge in [0.25, 0.3) is 0 Å². The van der Waals surface area contributed by atoms with Crippen molar-refractivity contribution in [3.8, 4) is 0 Å². The van der Waals surface area contributed by atoms with Crippen molar-refractivity contribution >= 4 is 0 Å². The summed E-state index contributed by atoms with van der Waals surface area (Å²) in [7, 11) is 2.15. The molecule has 0 bridgehead atoms. The molecule has 0 aromatic heterocycles. The third-order valence-electron chi connectivity index (χ3n) is 5.12. The SMILES string of the molecule is CNC(CN1CCC2CCCCC21)C1CC1. The van der Waals surface area contributed by atoms with Crippen molar-refractivity contribution < 1.29 is 0 Å². The predicted molar refractivity (Wildman–Crippen MR) is 67.5 cm³/mol. The van der Waals surface area contributed by atoms with Crippen LogP contribution in [-0.4, -0.2) is 37.1 Å². The lowest BCUT2D eigenvalue weighted by Crippen LogP contribution is -2.44. The number of hydrogen-bond donors (Lipinski definition) is 1. The van der Waals surface area contributed by atoms with E-state index in [9.17, 15) is 0 Å². The zero-order valence-electron chi connectivity index (χ0n) is 10.6. The molecule has 1 heterocycles. The highest BCUT2D eigenvalue weighted by Gasteiger charge is 2.38. The maximum Gasteiger partial charge on any atom is 0.0220 e. The third kappa shape index (κ3) is 2.14. The van der Waals surface area contributed by atoms with Crippen molar-refractivity contribution in [2.24, 2.45) is 11.8 Å². The van der Waals surface area contributed by atoms with Crippen LogP contribution < -0.4 is 5.32 Å². The minimum absolute atomic E-state index is 0.778. The number of fused-ring (bicyclic) bond motifs is 1. The number of nitrogens with zero attached hydrogens (tertiary/aromatic N) is 1.